The molecular weight excluding hydrogens is 308 g/mol. The van der Waals surface area contributed by atoms with Gasteiger partial charge in [0.05, 0.1) is 0 Å². The number of rotatable bonds is 4. The largest absolute Gasteiger partial charge is 0.340 e. The summed E-state index contributed by atoms with van der Waals surface area (Å²) in [7, 11) is 0. The predicted octanol–water partition coefficient (Wildman–Crippen LogP) is 4.13. The summed E-state index contributed by atoms with van der Waals surface area (Å²) in [6, 6.07) is 8.48. The van der Waals surface area contributed by atoms with Gasteiger partial charge in [0.15, 0.2) is 0 Å². The Balaban J connectivity index is 1.49. The molecule has 0 bridgehead atoms. The van der Waals surface area contributed by atoms with Gasteiger partial charge in [-0.05, 0) is 43.4 Å². The lowest BCUT2D eigenvalue weighted by Gasteiger charge is -2.38. The highest BCUT2D eigenvalue weighted by atomic mass is 35.5. The monoisotopic (exact) mass is 334 g/mol. The molecule has 1 aliphatic carbocycles. The van der Waals surface area contributed by atoms with E-state index in [1.807, 2.05) is 12.1 Å². The van der Waals surface area contributed by atoms with Gasteiger partial charge < -0.3 is 4.90 Å². The lowest BCUT2D eigenvalue weighted by molar-refractivity contribution is -0.134. The van der Waals surface area contributed by atoms with Crippen molar-refractivity contribution in [1.82, 2.24) is 9.80 Å². The molecule has 3 nitrogen and oxygen atoms in total. The Labute approximate surface area is 144 Å². The number of carbonyl (C=O) groups is 1. The fourth-order valence-corrected chi connectivity index (χ4v) is 4.03. The molecule has 4 heteroatoms. The van der Waals surface area contributed by atoms with Crippen LogP contribution >= 0.6 is 11.6 Å². The first-order valence-corrected chi connectivity index (χ1v) is 9.28. The van der Waals surface area contributed by atoms with E-state index in [1.165, 1.54) is 31.2 Å². The van der Waals surface area contributed by atoms with Crippen molar-refractivity contribution in [2.24, 2.45) is 5.92 Å². The van der Waals surface area contributed by atoms with Crippen molar-refractivity contribution in [3.63, 3.8) is 0 Å². The van der Waals surface area contributed by atoms with Crippen molar-refractivity contribution in [3.05, 3.63) is 34.9 Å². The van der Waals surface area contributed by atoms with Crippen molar-refractivity contribution in [3.8, 4) is 0 Å². The summed E-state index contributed by atoms with van der Waals surface area (Å²) in [6.07, 6.45) is 5.89. The number of benzene rings is 1. The molecule has 0 aromatic heterocycles. The van der Waals surface area contributed by atoms with Gasteiger partial charge in [-0.2, -0.15) is 0 Å². The quantitative estimate of drug-likeness (QED) is 0.826. The molecule has 1 unspecified atom stereocenters. The third kappa shape index (κ3) is 4.27. The molecule has 1 atom stereocenters. The van der Waals surface area contributed by atoms with Crippen molar-refractivity contribution in [2.45, 2.75) is 45.1 Å². The van der Waals surface area contributed by atoms with Crippen molar-refractivity contribution >= 4 is 17.5 Å². The van der Waals surface area contributed by atoms with Gasteiger partial charge in [-0.25, -0.2) is 0 Å². The van der Waals surface area contributed by atoms with Gasteiger partial charge in [0, 0.05) is 43.7 Å². The van der Waals surface area contributed by atoms with Crippen LogP contribution in [0.2, 0.25) is 5.02 Å². The Bertz CT molecular complexity index is 517. The molecule has 1 aromatic carbocycles. The Kier molecular flexibility index (Phi) is 5.60. The zero-order valence-corrected chi connectivity index (χ0v) is 14.8. The number of nitrogens with zero attached hydrogens (tertiary/aromatic N) is 2. The standard InChI is InChI=1S/C19H27ClN2O/c1-15(17-6-8-18(20)9-7-17)21-10-12-22(13-11-21)19(23)14-16-4-2-3-5-16/h6-9,15-16H,2-5,10-14H2,1H3. The summed E-state index contributed by atoms with van der Waals surface area (Å²) in [5.41, 5.74) is 1.29. The van der Waals surface area contributed by atoms with Crippen LogP contribution in [0.25, 0.3) is 0 Å². The number of carbonyl (C=O) groups excluding carboxylic acids is 1. The van der Waals surface area contributed by atoms with Crippen molar-refractivity contribution in [2.75, 3.05) is 26.2 Å². The molecule has 1 aromatic rings. The minimum Gasteiger partial charge on any atom is -0.340 e. The molecule has 1 amide bonds. The molecule has 0 spiro atoms. The SMILES string of the molecule is CC(c1ccc(Cl)cc1)N1CCN(C(=O)CC2CCCC2)CC1. The van der Waals surface area contributed by atoms with Gasteiger partial charge in [0.1, 0.15) is 0 Å². The number of hydrogen-bond acceptors (Lipinski definition) is 2. The normalized spacial score (nSPS) is 21.6. The van der Waals surface area contributed by atoms with E-state index in [1.54, 1.807) is 0 Å². The Morgan fingerprint density at radius 2 is 1.74 bits per heavy atom. The van der Waals surface area contributed by atoms with E-state index >= 15 is 0 Å². The van der Waals surface area contributed by atoms with Crippen LogP contribution in [0.4, 0.5) is 0 Å². The van der Waals surface area contributed by atoms with Crippen LogP contribution in [0.15, 0.2) is 24.3 Å². The fourth-order valence-electron chi connectivity index (χ4n) is 3.90. The third-order valence-corrected chi connectivity index (χ3v) is 5.76. The van der Waals surface area contributed by atoms with E-state index in [0.29, 0.717) is 17.9 Å². The van der Waals surface area contributed by atoms with E-state index in [9.17, 15) is 4.79 Å². The Morgan fingerprint density at radius 3 is 2.35 bits per heavy atom. The zero-order valence-electron chi connectivity index (χ0n) is 14.0. The van der Waals surface area contributed by atoms with Crippen LogP contribution in [-0.4, -0.2) is 41.9 Å². The predicted molar refractivity (Wildman–Crippen MR) is 94.6 cm³/mol. The molecule has 0 N–H and O–H groups in total. The van der Waals surface area contributed by atoms with Crippen LogP contribution in [-0.2, 0) is 4.79 Å². The van der Waals surface area contributed by atoms with E-state index in [2.05, 4.69) is 28.9 Å². The van der Waals surface area contributed by atoms with Gasteiger partial charge in [-0.1, -0.05) is 36.6 Å². The Hall–Kier alpha value is -1.06. The van der Waals surface area contributed by atoms with E-state index in [-0.39, 0.29) is 0 Å². The Morgan fingerprint density at radius 1 is 1.13 bits per heavy atom. The van der Waals surface area contributed by atoms with Crippen molar-refractivity contribution < 1.29 is 4.79 Å². The lowest BCUT2D eigenvalue weighted by Crippen LogP contribution is -2.49. The van der Waals surface area contributed by atoms with Gasteiger partial charge in [0.25, 0.3) is 0 Å². The summed E-state index contributed by atoms with van der Waals surface area (Å²) in [5, 5.41) is 0.781. The van der Waals surface area contributed by atoms with Crippen LogP contribution in [0.1, 0.15) is 50.6 Å². The number of amides is 1. The first kappa shape index (κ1) is 16.8. The van der Waals surface area contributed by atoms with E-state index in [0.717, 1.165) is 37.6 Å². The maximum absolute atomic E-state index is 12.4. The number of hydrogen-bond donors (Lipinski definition) is 0. The van der Waals surface area contributed by atoms with E-state index in [4.69, 9.17) is 11.6 Å². The topological polar surface area (TPSA) is 23.6 Å². The highest BCUT2D eigenvalue weighted by molar-refractivity contribution is 6.30. The van der Waals surface area contributed by atoms with Crippen LogP contribution < -0.4 is 0 Å². The second-order valence-electron chi connectivity index (χ2n) is 7.00. The molecule has 1 heterocycles. The minimum atomic E-state index is 0.371. The maximum Gasteiger partial charge on any atom is 0.222 e. The summed E-state index contributed by atoms with van der Waals surface area (Å²) in [4.78, 5) is 17.0. The summed E-state index contributed by atoms with van der Waals surface area (Å²) >= 11 is 5.97. The first-order valence-electron chi connectivity index (χ1n) is 8.91. The van der Waals surface area contributed by atoms with Crippen LogP contribution in [0, 0.1) is 5.92 Å². The van der Waals surface area contributed by atoms with E-state index < -0.39 is 0 Å². The second-order valence-corrected chi connectivity index (χ2v) is 7.44. The summed E-state index contributed by atoms with van der Waals surface area (Å²) < 4.78 is 0. The molecule has 23 heavy (non-hydrogen) atoms. The highest BCUT2D eigenvalue weighted by Gasteiger charge is 2.27. The van der Waals surface area contributed by atoms with Gasteiger partial charge in [-0.3, -0.25) is 9.69 Å². The molecule has 2 fully saturated rings. The van der Waals surface area contributed by atoms with Crippen LogP contribution in [0.5, 0.6) is 0 Å². The highest BCUT2D eigenvalue weighted by Crippen LogP contribution is 2.28. The average Bonchev–Trinajstić information content (AvgIpc) is 3.08. The van der Waals surface area contributed by atoms with Gasteiger partial charge in [0.2, 0.25) is 5.91 Å². The molecular formula is C19H27ClN2O. The maximum atomic E-state index is 12.4. The second kappa shape index (κ2) is 7.67. The summed E-state index contributed by atoms with van der Waals surface area (Å²) in [6.45, 7) is 5.88. The molecule has 1 aliphatic heterocycles. The third-order valence-electron chi connectivity index (χ3n) is 5.51. The van der Waals surface area contributed by atoms with Crippen molar-refractivity contribution in [1.29, 1.82) is 0 Å². The molecule has 0 radical (unpaired) electrons. The summed E-state index contributed by atoms with van der Waals surface area (Å²) in [5.74, 6) is 1.02. The molecule has 1 saturated carbocycles. The minimum absolute atomic E-state index is 0.371. The zero-order chi connectivity index (χ0) is 16.2. The average molecular weight is 335 g/mol. The molecule has 126 valence electrons. The van der Waals surface area contributed by atoms with Gasteiger partial charge >= 0.3 is 0 Å². The smallest absolute Gasteiger partial charge is 0.222 e. The fraction of sp³-hybridized carbons (Fsp3) is 0.632. The van der Waals surface area contributed by atoms with Crippen LogP contribution in [0.3, 0.4) is 0 Å². The first-order chi connectivity index (χ1) is 11.1. The lowest BCUT2D eigenvalue weighted by atomic mass is 10.0. The molecule has 2 aliphatic rings. The van der Waals surface area contributed by atoms with Gasteiger partial charge in [-0.15, -0.1) is 0 Å². The molecule has 3 rings (SSSR count). The molecule has 1 saturated heterocycles. The number of piperazine rings is 1. The number of halogens is 1.